The van der Waals surface area contributed by atoms with Gasteiger partial charge in [-0.2, -0.15) is 21.9 Å². The molecule has 0 radical (unpaired) electrons. The molecule has 3 heterocycles. The zero-order valence-electron chi connectivity index (χ0n) is 9.67. The Balaban J connectivity index is 2.00. The van der Waals surface area contributed by atoms with Crippen LogP contribution >= 0.6 is 11.8 Å². The molecule has 2 aliphatic heterocycles. The van der Waals surface area contributed by atoms with E-state index in [9.17, 15) is 4.79 Å². The van der Waals surface area contributed by atoms with Crippen molar-refractivity contribution in [1.82, 2.24) is 9.97 Å². The number of aromatic nitrogens is 2. The summed E-state index contributed by atoms with van der Waals surface area (Å²) < 4.78 is 0. The van der Waals surface area contributed by atoms with Gasteiger partial charge in [-0.1, -0.05) is 0 Å². The van der Waals surface area contributed by atoms with Crippen LogP contribution in [-0.4, -0.2) is 33.1 Å². The molecule has 1 fully saturated rings. The average molecular weight is 248 g/mol. The standard InChI is InChI=1S/C11H12N4OS/c1-6-3-10(13-7(2)12-6)15-11(16)8-4-17-5-9(8)14-15/h3,8H,4-5H2,1-2H3. The second kappa shape index (κ2) is 3.80. The van der Waals surface area contributed by atoms with Gasteiger partial charge in [-0.3, -0.25) is 4.79 Å². The molecule has 5 nitrogen and oxygen atoms in total. The number of amides is 1. The Morgan fingerprint density at radius 2 is 2.24 bits per heavy atom. The number of thioether (sulfide) groups is 1. The van der Waals surface area contributed by atoms with Gasteiger partial charge in [0.1, 0.15) is 5.82 Å². The number of fused-ring (bicyclic) bond motifs is 1. The minimum absolute atomic E-state index is 0.0319. The smallest absolute Gasteiger partial charge is 0.258 e. The number of nitrogens with zero attached hydrogens (tertiary/aromatic N) is 4. The van der Waals surface area contributed by atoms with E-state index in [1.54, 1.807) is 17.8 Å². The summed E-state index contributed by atoms with van der Waals surface area (Å²) >= 11 is 1.76. The van der Waals surface area contributed by atoms with Gasteiger partial charge in [0.2, 0.25) is 0 Å². The molecule has 1 saturated heterocycles. The molecular formula is C11H12N4OS. The summed E-state index contributed by atoms with van der Waals surface area (Å²) in [5.41, 5.74) is 1.83. The molecule has 1 aromatic rings. The summed E-state index contributed by atoms with van der Waals surface area (Å²) in [5.74, 6) is 2.97. The first-order valence-corrected chi connectivity index (χ1v) is 6.62. The molecule has 0 aliphatic carbocycles. The molecule has 1 unspecified atom stereocenters. The van der Waals surface area contributed by atoms with E-state index in [1.807, 2.05) is 13.8 Å². The van der Waals surface area contributed by atoms with Crippen LogP contribution < -0.4 is 5.01 Å². The van der Waals surface area contributed by atoms with Crippen molar-refractivity contribution in [3.63, 3.8) is 0 Å². The van der Waals surface area contributed by atoms with E-state index in [1.165, 1.54) is 5.01 Å². The van der Waals surface area contributed by atoms with Crippen molar-refractivity contribution in [3.05, 3.63) is 17.6 Å². The third kappa shape index (κ3) is 1.72. The number of rotatable bonds is 1. The lowest BCUT2D eigenvalue weighted by Crippen LogP contribution is -2.28. The highest BCUT2D eigenvalue weighted by Crippen LogP contribution is 2.31. The minimum atomic E-state index is -0.0319. The van der Waals surface area contributed by atoms with Crippen LogP contribution in [0, 0.1) is 19.8 Å². The molecule has 3 rings (SSSR count). The maximum Gasteiger partial charge on any atom is 0.258 e. The van der Waals surface area contributed by atoms with Crippen LogP contribution in [0.15, 0.2) is 11.2 Å². The minimum Gasteiger partial charge on any atom is -0.272 e. The molecule has 0 N–H and O–H groups in total. The second-order valence-corrected chi connectivity index (χ2v) is 5.25. The van der Waals surface area contributed by atoms with E-state index in [0.717, 1.165) is 22.9 Å². The molecule has 1 aromatic heterocycles. The first-order valence-electron chi connectivity index (χ1n) is 5.46. The number of hydrogen-bond acceptors (Lipinski definition) is 5. The Hall–Kier alpha value is -1.43. The molecule has 0 aromatic carbocycles. The van der Waals surface area contributed by atoms with Gasteiger partial charge >= 0.3 is 0 Å². The van der Waals surface area contributed by atoms with Crippen LogP contribution in [0.3, 0.4) is 0 Å². The van der Waals surface area contributed by atoms with Crippen molar-refractivity contribution >= 4 is 29.2 Å². The molecule has 0 bridgehead atoms. The van der Waals surface area contributed by atoms with Gasteiger partial charge in [-0.25, -0.2) is 9.97 Å². The quantitative estimate of drug-likeness (QED) is 0.748. The highest BCUT2D eigenvalue weighted by atomic mass is 32.2. The predicted molar refractivity (Wildman–Crippen MR) is 67.2 cm³/mol. The normalized spacial score (nSPS) is 22.9. The molecule has 6 heteroatoms. The Labute approximate surface area is 103 Å². The van der Waals surface area contributed by atoms with Crippen LogP contribution in [0.5, 0.6) is 0 Å². The summed E-state index contributed by atoms with van der Waals surface area (Å²) in [4.78, 5) is 20.6. The van der Waals surface area contributed by atoms with E-state index in [4.69, 9.17) is 0 Å². The number of carbonyl (C=O) groups is 1. The fourth-order valence-electron chi connectivity index (χ4n) is 2.09. The average Bonchev–Trinajstić information content (AvgIpc) is 2.80. The summed E-state index contributed by atoms with van der Waals surface area (Å²) in [6, 6.07) is 1.79. The fraction of sp³-hybridized carbons (Fsp3) is 0.455. The lowest BCUT2D eigenvalue weighted by atomic mass is 10.1. The van der Waals surface area contributed by atoms with Crippen molar-refractivity contribution < 1.29 is 4.79 Å². The molecule has 17 heavy (non-hydrogen) atoms. The van der Waals surface area contributed by atoms with Crippen LogP contribution in [0.1, 0.15) is 11.5 Å². The topological polar surface area (TPSA) is 58.5 Å². The maximum atomic E-state index is 12.1. The monoisotopic (exact) mass is 248 g/mol. The van der Waals surface area contributed by atoms with Crippen LogP contribution in [0.4, 0.5) is 5.82 Å². The lowest BCUT2D eigenvalue weighted by Gasteiger charge is -2.13. The summed E-state index contributed by atoms with van der Waals surface area (Å²) in [6.07, 6.45) is 0. The van der Waals surface area contributed by atoms with Crippen molar-refractivity contribution in [2.24, 2.45) is 11.0 Å². The first-order chi connectivity index (χ1) is 8.15. The van der Waals surface area contributed by atoms with Crippen molar-refractivity contribution in [1.29, 1.82) is 0 Å². The molecule has 1 atom stereocenters. The van der Waals surface area contributed by atoms with Crippen LogP contribution in [0.2, 0.25) is 0 Å². The van der Waals surface area contributed by atoms with Gasteiger partial charge in [0.05, 0.1) is 11.6 Å². The van der Waals surface area contributed by atoms with E-state index in [-0.39, 0.29) is 11.8 Å². The number of hydrogen-bond donors (Lipinski definition) is 0. The number of anilines is 1. The fourth-order valence-corrected chi connectivity index (χ4v) is 3.24. The highest BCUT2D eigenvalue weighted by molar-refractivity contribution is 8.00. The van der Waals surface area contributed by atoms with E-state index >= 15 is 0 Å². The largest absolute Gasteiger partial charge is 0.272 e. The third-order valence-corrected chi connectivity index (χ3v) is 3.91. The van der Waals surface area contributed by atoms with Crippen molar-refractivity contribution in [2.75, 3.05) is 16.5 Å². The van der Waals surface area contributed by atoms with Crippen LogP contribution in [-0.2, 0) is 4.79 Å². The zero-order chi connectivity index (χ0) is 12.0. The van der Waals surface area contributed by atoms with Crippen molar-refractivity contribution in [2.45, 2.75) is 13.8 Å². The van der Waals surface area contributed by atoms with Gasteiger partial charge in [0.25, 0.3) is 5.91 Å². The van der Waals surface area contributed by atoms with Gasteiger partial charge in [0, 0.05) is 23.3 Å². The number of carbonyl (C=O) groups excluding carboxylic acids is 1. The Bertz CT molecular complexity index is 508. The molecule has 2 aliphatic rings. The van der Waals surface area contributed by atoms with Crippen molar-refractivity contribution in [3.8, 4) is 0 Å². The summed E-state index contributed by atoms with van der Waals surface area (Å²) in [7, 11) is 0. The van der Waals surface area contributed by atoms with E-state index < -0.39 is 0 Å². The van der Waals surface area contributed by atoms with Gasteiger partial charge in [0.15, 0.2) is 5.82 Å². The highest BCUT2D eigenvalue weighted by Gasteiger charge is 2.40. The summed E-state index contributed by atoms with van der Waals surface area (Å²) in [6.45, 7) is 3.71. The van der Waals surface area contributed by atoms with E-state index in [0.29, 0.717) is 11.6 Å². The molecule has 0 saturated carbocycles. The van der Waals surface area contributed by atoms with Gasteiger partial charge in [-0.05, 0) is 13.8 Å². The number of aryl methyl sites for hydroxylation is 2. The van der Waals surface area contributed by atoms with E-state index in [2.05, 4.69) is 15.1 Å². The summed E-state index contributed by atoms with van der Waals surface area (Å²) in [5, 5.41) is 5.80. The third-order valence-electron chi connectivity index (χ3n) is 2.84. The SMILES string of the molecule is Cc1cc(N2N=C3CSCC3C2=O)nc(C)n1. The second-order valence-electron chi connectivity index (χ2n) is 4.22. The lowest BCUT2D eigenvalue weighted by molar-refractivity contribution is -0.119. The van der Waals surface area contributed by atoms with Gasteiger partial charge < -0.3 is 0 Å². The molecular weight excluding hydrogens is 236 g/mol. The Kier molecular flexibility index (Phi) is 2.39. The molecule has 1 amide bonds. The number of hydrazone groups is 1. The predicted octanol–water partition coefficient (Wildman–Crippen LogP) is 1.16. The molecule has 88 valence electrons. The van der Waals surface area contributed by atoms with Crippen LogP contribution in [0.25, 0.3) is 0 Å². The maximum absolute atomic E-state index is 12.1. The Morgan fingerprint density at radius 1 is 1.41 bits per heavy atom. The van der Waals surface area contributed by atoms with Gasteiger partial charge in [-0.15, -0.1) is 0 Å². The zero-order valence-corrected chi connectivity index (χ0v) is 10.5. The first kappa shape index (κ1) is 10.7. The molecule has 0 spiro atoms. The Morgan fingerprint density at radius 3 is 2.94 bits per heavy atom.